The fourth-order valence-electron chi connectivity index (χ4n) is 9.01. The van der Waals surface area contributed by atoms with E-state index in [2.05, 4.69) is 12.1 Å². The number of para-hydroxylation sites is 2. The minimum Gasteiger partial charge on any atom is -0.309 e. The van der Waals surface area contributed by atoms with Crippen LogP contribution >= 0.6 is 0 Å². The zero-order chi connectivity index (χ0) is 46.1. The molecule has 0 saturated carbocycles. The highest BCUT2D eigenvalue weighted by molar-refractivity contribution is 6.12. The summed E-state index contributed by atoms with van der Waals surface area (Å²) >= 11 is 0. The van der Waals surface area contributed by atoms with Crippen LogP contribution in [0.5, 0.6) is 0 Å². The summed E-state index contributed by atoms with van der Waals surface area (Å²) in [7, 11) is 0. The molecule has 0 radical (unpaired) electrons. The predicted octanol–water partition coefficient (Wildman–Crippen LogP) is 14.4. The maximum atomic E-state index is 16.4. The lowest BCUT2D eigenvalue weighted by Gasteiger charge is -2.23. The van der Waals surface area contributed by atoms with Gasteiger partial charge in [-0.2, -0.15) is 47.4 Å². The monoisotopic (exact) mass is 872 g/mol. The molecule has 10 rings (SSSR count). The van der Waals surface area contributed by atoms with Crippen LogP contribution in [0.4, 0.5) is 26.3 Å². The Morgan fingerprint density at radius 3 is 1.27 bits per heavy atom. The van der Waals surface area contributed by atoms with Crippen molar-refractivity contribution in [3.63, 3.8) is 0 Å². The second kappa shape index (κ2) is 15.3. The second-order valence-corrected chi connectivity index (χ2v) is 15.6. The van der Waals surface area contributed by atoms with Crippen molar-refractivity contribution < 1.29 is 26.3 Å². The molecular formula is C54H26F6N6. The lowest BCUT2D eigenvalue weighted by Crippen LogP contribution is -2.16. The number of hydrogen-bond donors (Lipinski definition) is 0. The largest absolute Gasteiger partial charge is 0.420 e. The average Bonchev–Trinajstić information content (AvgIpc) is 3.84. The molecule has 0 N–H and O–H groups in total. The van der Waals surface area contributed by atoms with Crippen molar-refractivity contribution in [1.29, 1.82) is 21.0 Å². The van der Waals surface area contributed by atoms with Gasteiger partial charge in [0.15, 0.2) is 0 Å². The van der Waals surface area contributed by atoms with Crippen LogP contribution in [0.2, 0.25) is 0 Å². The number of nitriles is 4. The van der Waals surface area contributed by atoms with Gasteiger partial charge in [0.2, 0.25) is 0 Å². The molecule has 0 unspecified atom stereocenters. The SMILES string of the molecule is N#Cc1ccc(-c2ccc3c(c2)c2ccccc2n3-c2cc(-c3cccc(C(F)(F)F)c3)cc(-n3c4ccccc4c4cc(-c5ccc(C#N)cc5C#N)ccc43)c2C(F)(F)F)c(C#N)c1. The van der Waals surface area contributed by atoms with Gasteiger partial charge in [0.05, 0.1) is 85.5 Å². The highest BCUT2D eigenvalue weighted by atomic mass is 19.4. The first-order valence-corrected chi connectivity index (χ1v) is 20.2. The summed E-state index contributed by atoms with van der Waals surface area (Å²) in [6, 6.07) is 48.7. The zero-order valence-electron chi connectivity index (χ0n) is 34.0. The minimum atomic E-state index is -5.05. The highest BCUT2D eigenvalue weighted by Gasteiger charge is 2.40. The van der Waals surface area contributed by atoms with Crippen LogP contribution in [0.25, 0.3) is 88.4 Å². The van der Waals surface area contributed by atoms with E-state index >= 15 is 13.2 Å². The van der Waals surface area contributed by atoms with E-state index in [1.807, 2.05) is 12.1 Å². The molecule has 0 aliphatic carbocycles. The zero-order valence-corrected chi connectivity index (χ0v) is 34.0. The number of halogens is 6. The number of alkyl halides is 6. The number of aromatic nitrogens is 2. The Morgan fingerprint density at radius 1 is 0.364 bits per heavy atom. The fraction of sp³-hybridized carbons (Fsp3) is 0.0370. The van der Waals surface area contributed by atoms with Gasteiger partial charge in [-0.05, 0) is 118 Å². The Morgan fingerprint density at radius 2 is 0.833 bits per heavy atom. The molecule has 2 heterocycles. The van der Waals surface area contributed by atoms with E-state index < -0.39 is 23.5 Å². The molecule has 0 fully saturated rings. The van der Waals surface area contributed by atoms with Gasteiger partial charge in [-0.15, -0.1) is 0 Å². The summed E-state index contributed by atoms with van der Waals surface area (Å²) in [5, 5.41) is 41.2. The molecule has 0 aliphatic rings. The van der Waals surface area contributed by atoms with E-state index in [1.54, 1.807) is 109 Å². The third kappa shape index (κ3) is 6.65. The standard InChI is InChI=1S/C54H26F6N6/c55-53(56,57)39-7-5-6-33(22-39)36-25-50(65-46-10-3-1-8-42(46)44-23-34(14-18-48(44)65)40-16-12-31(27-61)20-37(40)29-63)52(54(58,59)60)51(26-36)66-47-11-4-2-9-43(47)45-24-35(15-19-49(45)66)41-17-13-32(28-62)21-38(41)30-64/h1-26H. The van der Waals surface area contributed by atoms with Crippen molar-refractivity contribution in [2.45, 2.75) is 12.4 Å². The molecule has 0 spiro atoms. The summed E-state index contributed by atoms with van der Waals surface area (Å²) in [5.41, 5.74) is 2.06. The van der Waals surface area contributed by atoms with Gasteiger partial charge in [0, 0.05) is 21.5 Å². The van der Waals surface area contributed by atoms with Crippen molar-refractivity contribution in [3.8, 4) is 69.0 Å². The molecule has 0 saturated heterocycles. The van der Waals surface area contributed by atoms with Crippen molar-refractivity contribution in [2.75, 3.05) is 0 Å². The summed E-state index contributed by atoms with van der Waals surface area (Å²) < 4.78 is 95.0. The molecule has 0 atom stereocenters. The van der Waals surface area contributed by atoms with Gasteiger partial charge in [-0.1, -0.05) is 72.8 Å². The van der Waals surface area contributed by atoms with E-state index in [0.717, 1.165) is 12.1 Å². The van der Waals surface area contributed by atoms with Gasteiger partial charge >= 0.3 is 12.4 Å². The fourth-order valence-corrected chi connectivity index (χ4v) is 9.01. The third-order valence-corrected chi connectivity index (χ3v) is 11.9. The number of hydrogen-bond acceptors (Lipinski definition) is 4. The van der Waals surface area contributed by atoms with E-state index in [9.17, 15) is 34.2 Å². The number of benzene rings is 8. The maximum Gasteiger partial charge on any atom is 0.420 e. The van der Waals surface area contributed by atoms with Crippen LogP contribution in [0, 0.1) is 45.3 Å². The molecule has 2 aromatic heterocycles. The van der Waals surface area contributed by atoms with Crippen molar-refractivity contribution in [1.82, 2.24) is 9.13 Å². The molecule has 10 aromatic rings. The van der Waals surface area contributed by atoms with Gasteiger partial charge in [-0.3, -0.25) is 0 Å². The molecule has 0 aliphatic heterocycles. The van der Waals surface area contributed by atoms with Gasteiger partial charge < -0.3 is 9.13 Å². The first-order chi connectivity index (χ1) is 31.8. The molecule has 12 heteroatoms. The third-order valence-electron chi connectivity index (χ3n) is 11.9. The molecule has 8 aromatic carbocycles. The van der Waals surface area contributed by atoms with Gasteiger partial charge in [-0.25, -0.2) is 0 Å². The smallest absolute Gasteiger partial charge is 0.309 e. The van der Waals surface area contributed by atoms with E-state index in [4.69, 9.17) is 0 Å². The van der Waals surface area contributed by atoms with Crippen LogP contribution in [0.1, 0.15) is 33.4 Å². The normalized spacial score (nSPS) is 11.7. The molecule has 0 bridgehead atoms. The van der Waals surface area contributed by atoms with Crippen molar-refractivity contribution >= 4 is 43.6 Å². The van der Waals surface area contributed by atoms with Crippen LogP contribution in [0.3, 0.4) is 0 Å². The Kier molecular flexibility index (Phi) is 9.50. The van der Waals surface area contributed by atoms with Crippen LogP contribution in [-0.2, 0) is 12.4 Å². The number of fused-ring (bicyclic) bond motifs is 6. The summed E-state index contributed by atoms with van der Waals surface area (Å²) in [4.78, 5) is 0. The van der Waals surface area contributed by atoms with E-state index in [1.165, 1.54) is 45.5 Å². The Bertz CT molecular complexity index is 3650. The Hall–Kier alpha value is -9.10. The lowest BCUT2D eigenvalue weighted by molar-refractivity contribution is -0.138. The predicted molar refractivity (Wildman–Crippen MR) is 240 cm³/mol. The molecule has 6 nitrogen and oxygen atoms in total. The first kappa shape index (κ1) is 40.9. The van der Waals surface area contributed by atoms with Gasteiger partial charge in [0.1, 0.15) is 5.56 Å². The Labute approximate surface area is 371 Å². The second-order valence-electron chi connectivity index (χ2n) is 15.6. The van der Waals surface area contributed by atoms with E-state index in [-0.39, 0.29) is 44.8 Å². The first-order valence-electron chi connectivity index (χ1n) is 20.2. The minimum absolute atomic E-state index is 0.0295. The van der Waals surface area contributed by atoms with E-state index in [0.29, 0.717) is 65.9 Å². The Balaban J connectivity index is 1.32. The summed E-state index contributed by atoms with van der Waals surface area (Å²) in [6.07, 6.45) is -9.80. The summed E-state index contributed by atoms with van der Waals surface area (Å²) in [6.45, 7) is 0. The lowest BCUT2D eigenvalue weighted by atomic mass is 9.96. The van der Waals surface area contributed by atoms with Crippen LogP contribution in [0.15, 0.2) is 158 Å². The number of nitrogens with zero attached hydrogens (tertiary/aromatic N) is 6. The molecule has 314 valence electrons. The topological polar surface area (TPSA) is 105 Å². The van der Waals surface area contributed by atoms with Gasteiger partial charge in [0.25, 0.3) is 0 Å². The van der Waals surface area contributed by atoms with Crippen molar-refractivity contribution in [2.24, 2.45) is 0 Å². The molecule has 66 heavy (non-hydrogen) atoms. The number of rotatable bonds is 5. The highest BCUT2D eigenvalue weighted by Crippen LogP contribution is 2.47. The summed E-state index contributed by atoms with van der Waals surface area (Å²) in [5.74, 6) is 0. The molecular weight excluding hydrogens is 847 g/mol. The quantitative estimate of drug-likeness (QED) is 0.161. The van der Waals surface area contributed by atoms with Crippen LogP contribution in [-0.4, -0.2) is 9.13 Å². The van der Waals surface area contributed by atoms with Crippen molar-refractivity contribution in [3.05, 3.63) is 191 Å². The maximum absolute atomic E-state index is 16.4. The average molecular weight is 873 g/mol. The molecule has 0 amide bonds. The van der Waals surface area contributed by atoms with Crippen LogP contribution < -0.4 is 0 Å².